The first-order valence-electron chi connectivity index (χ1n) is 7.09. The van der Waals surface area contributed by atoms with Crippen molar-refractivity contribution in [3.8, 4) is 5.75 Å². The minimum absolute atomic E-state index is 0.0460. The minimum Gasteiger partial charge on any atom is -0.494 e. The van der Waals surface area contributed by atoms with Crippen LogP contribution in [0.2, 0.25) is 0 Å². The van der Waals surface area contributed by atoms with Crippen molar-refractivity contribution in [2.24, 2.45) is 0 Å². The van der Waals surface area contributed by atoms with Crippen molar-refractivity contribution in [2.45, 2.75) is 13.8 Å². The Bertz CT molecular complexity index is 537. The van der Waals surface area contributed by atoms with E-state index >= 15 is 0 Å². The van der Waals surface area contributed by atoms with Crippen molar-refractivity contribution in [1.29, 1.82) is 0 Å². The Labute approximate surface area is 124 Å². The van der Waals surface area contributed by atoms with E-state index in [4.69, 9.17) is 10.5 Å². The van der Waals surface area contributed by atoms with Crippen LogP contribution in [0, 0.1) is 0 Å². The molecule has 0 spiro atoms. The zero-order valence-corrected chi connectivity index (χ0v) is 12.5. The van der Waals surface area contributed by atoms with Gasteiger partial charge in [0.05, 0.1) is 6.61 Å². The third kappa shape index (κ3) is 3.65. The Balaban J connectivity index is 2.08. The first-order chi connectivity index (χ1) is 10.0. The molecule has 0 bridgehead atoms. The van der Waals surface area contributed by atoms with Gasteiger partial charge in [0.15, 0.2) is 0 Å². The van der Waals surface area contributed by atoms with Gasteiger partial charge in [-0.05, 0) is 19.1 Å². The summed E-state index contributed by atoms with van der Waals surface area (Å²) in [5.74, 6) is 0.569. The van der Waals surface area contributed by atoms with E-state index in [-0.39, 0.29) is 11.8 Å². The predicted octanol–water partition coefficient (Wildman–Crippen LogP) is 0.972. The molecular weight excluding hydrogens is 270 g/mol. The van der Waals surface area contributed by atoms with Gasteiger partial charge in [0.2, 0.25) is 5.91 Å². The standard InChI is InChI=1S/C15H21N3O3/c1-3-21-14-9-12(8-13(16)10-14)15(20)18-6-4-17(5-7-18)11(2)19/h8-10H,3-7,16H2,1-2H3. The van der Waals surface area contributed by atoms with Crippen LogP contribution in [-0.2, 0) is 4.79 Å². The van der Waals surface area contributed by atoms with Gasteiger partial charge in [-0.1, -0.05) is 0 Å². The number of carbonyl (C=O) groups is 2. The average molecular weight is 291 g/mol. The van der Waals surface area contributed by atoms with Crippen molar-refractivity contribution in [3.05, 3.63) is 23.8 Å². The molecule has 2 N–H and O–H groups in total. The highest BCUT2D eigenvalue weighted by Gasteiger charge is 2.23. The van der Waals surface area contributed by atoms with Gasteiger partial charge in [-0.25, -0.2) is 0 Å². The third-order valence-electron chi connectivity index (χ3n) is 3.50. The Morgan fingerprint density at radius 1 is 1.14 bits per heavy atom. The Kier molecular flexibility index (Phi) is 4.67. The fourth-order valence-corrected chi connectivity index (χ4v) is 2.40. The van der Waals surface area contributed by atoms with Gasteiger partial charge in [-0.2, -0.15) is 0 Å². The van der Waals surface area contributed by atoms with Crippen molar-refractivity contribution < 1.29 is 14.3 Å². The quantitative estimate of drug-likeness (QED) is 0.842. The Morgan fingerprint density at radius 2 is 1.76 bits per heavy atom. The summed E-state index contributed by atoms with van der Waals surface area (Å²) in [5.41, 5.74) is 6.84. The summed E-state index contributed by atoms with van der Waals surface area (Å²) in [4.78, 5) is 27.3. The number of nitrogen functional groups attached to an aromatic ring is 1. The number of benzene rings is 1. The van der Waals surface area contributed by atoms with E-state index in [1.54, 1.807) is 34.9 Å². The number of amides is 2. The van der Waals surface area contributed by atoms with Gasteiger partial charge >= 0.3 is 0 Å². The highest BCUT2D eigenvalue weighted by molar-refractivity contribution is 5.95. The number of nitrogens with zero attached hydrogens (tertiary/aromatic N) is 2. The van der Waals surface area contributed by atoms with E-state index in [2.05, 4.69) is 0 Å². The van der Waals surface area contributed by atoms with Crippen molar-refractivity contribution in [3.63, 3.8) is 0 Å². The van der Waals surface area contributed by atoms with E-state index in [1.807, 2.05) is 6.92 Å². The number of anilines is 1. The fourth-order valence-electron chi connectivity index (χ4n) is 2.40. The smallest absolute Gasteiger partial charge is 0.254 e. The molecule has 2 amide bonds. The van der Waals surface area contributed by atoms with E-state index in [9.17, 15) is 9.59 Å². The van der Waals surface area contributed by atoms with E-state index in [0.29, 0.717) is 49.8 Å². The average Bonchev–Trinajstić information content (AvgIpc) is 2.46. The second kappa shape index (κ2) is 6.47. The molecule has 114 valence electrons. The molecule has 0 saturated carbocycles. The molecule has 0 aliphatic carbocycles. The Morgan fingerprint density at radius 3 is 2.33 bits per heavy atom. The largest absolute Gasteiger partial charge is 0.494 e. The van der Waals surface area contributed by atoms with Crippen LogP contribution in [0.3, 0.4) is 0 Å². The number of carbonyl (C=O) groups excluding carboxylic acids is 2. The summed E-state index contributed by atoms with van der Waals surface area (Å²) < 4.78 is 5.41. The second-order valence-electron chi connectivity index (χ2n) is 5.02. The molecule has 2 rings (SSSR count). The zero-order valence-electron chi connectivity index (χ0n) is 12.5. The first kappa shape index (κ1) is 15.2. The summed E-state index contributed by atoms with van der Waals surface area (Å²) in [6.07, 6.45) is 0. The molecule has 1 heterocycles. The van der Waals surface area contributed by atoms with Crippen LogP contribution in [-0.4, -0.2) is 54.4 Å². The molecule has 1 aromatic rings. The van der Waals surface area contributed by atoms with Crippen LogP contribution in [0.1, 0.15) is 24.2 Å². The van der Waals surface area contributed by atoms with Gasteiger partial charge in [0.1, 0.15) is 5.75 Å². The van der Waals surface area contributed by atoms with Crippen LogP contribution >= 0.6 is 0 Å². The number of hydrogen-bond acceptors (Lipinski definition) is 4. The maximum atomic E-state index is 12.5. The molecule has 1 saturated heterocycles. The monoisotopic (exact) mass is 291 g/mol. The fraction of sp³-hybridized carbons (Fsp3) is 0.467. The van der Waals surface area contributed by atoms with E-state index < -0.39 is 0 Å². The number of nitrogens with two attached hydrogens (primary N) is 1. The van der Waals surface area contributed by atoms with Crippen molar-refractivity contribution in [2.75, 3.05) is 38.5 Å². The second-order valence-corrected chi connectivity index (χ2v) is 5.02. The molecule has 6 heteroatoms. The van der Waals surface area contributed by atoms with Crippen LogP contribution in [0.5, 0.6) is 5.75 Å². The summed E-state index contributed by atoms with van der Waals surface area (Å²) in [5, 5.41) is 0. The molecule has 1 aromatic carbocycles. The molecule has 1 aliphatic rings. The highest BCUT2D eigenvalue weighted by atomic mass is 16.5. The molecule has 0 unspecified atom stereocenters. The van der Waals surface area contributed by atoms with E-state index in [1.165, 1.54) is 0 Å². The summed E-state index contributed by atoms with van der Waals surface area (Å²) in [6.45, 7) is 6.17. The summed E-state index contributed by atoms with van der Waals surface area (Å²) in [6, 6.07) is 5.07. The number of rotatable bonds is 3. The SMILES string of the molecule is CCOc1cc(N)cc(C(=O)N2CCN(C(C)=O)CC2)c1. The lowest BCUT2D eigenvalue weighted by Gasteiger charge is -2.34. The van der Waals surface area contributed by atoms with Gasteiger partial charge in [-0.15, -0.1) is 0 Å². The summed E-state index contributed by atoms with van der Waals surface area (Å²) >= 11 is 0. The van der Waals surface area contributed by atoms with Gasteiger partial charge < -0.3 is 20.3 Å². The molecule has 0 radical (unpaired) electrons. The zero-order chi connectivity index (χ0) is 15.4. The lowest BCUT2D eigenvalue weighted by molar-refractivity contribution is -0.130. The number of ether oxygens (including phenoxy) is 1. The first-order valence-corrected chi connectivity index (χ1v) is 7.09. The molecule has 1 fully saturated rings. The number of hydrogen-bond donors (Lipinski definition) is 1. The van der Waals surface area contributed by atoms with Gasteiger partial charge in [0.25, 0.3) is 5.91 Å². The molecule has 0 atom stereocenters. The highest BCUT2D eigenvalue weighted by Crippen LogP contribution is 2.20. The molecule has 1 aliphatic heterocycles. The van der Waals surface area contributed by atoms with Crippen molar-refractivity contribution in [1.82, 2.24) is 9.80 Å². The molecule has 0 aromatic heterocycles. The van der Waals surface area contributed by atoms with Gasteiger partial charge in [0, 0.05) is 50.4 Å². The lowest BCUT2D eigenvalue weighted by Crippen LogP contribution is -2.50. The maximum absolute atomic E-state index is 12.5. The minimum atomic E-state index is -0.0774. The maximum Gasteiger partial charge on any atom is 0.254 e. The van der Waals surface area contributed by atoms with E-state index in [0.717, 1.165) is 0 Å². The van der Waals surface area contributed by atoms with Gasteiger partial charge in [-0.3, -0.25) is 9.59 Å². The van der Waals surface area contributed by atoms with Crippen LogP contribution in [0.4, 0.5) is 5.69 Å². The molecule has 21 heavy (non-hydrogen) atoms. The molecule has 6 nitrogen and oxygen atoms in total. The molecular formula is C15H21N3O3. The van der Waals surface area contributed by atoms with Crippen molar-refractivity contribution >= 4 is 17.5 Å². The topological polar surface area (TPSA) is 75.9 Å². The normalized spacial score (nSPS) is 15.0. The number of piperazine rings is 1. The third-order valence-corrected chi connectivity index (χ3v) is 3.50. The van der Waals surface area contributed by atoms with Crippen LogP contribution in [0.25, 0.3) is 0 Å². The van der Waals surface area contributed by atoms with Crippen LogP contribution in [0.15, 0.2) is 18.2 Å². The Hall–Kier alpha value is -2.24. The van der Waals surface area contributed by atoms with Crippen LogP contribution < -0.4 is 10.5 Å². The lowest BCUT2D eigenvalue weighted by atomic mass is 10.1. The predicted molar refractivity (Wildman–Crippen MR) is 80.2 cm³/mol. The summed E-state index contributed by atoms with van der Waals surface area (Å²) in [7, 11) is 0.